The molecule has 88 valence electrons. The van der Waals surface area contributed by atoms with Crippen LogP contribution in [0.1, 0.15) is 6.92 Å². The van der Waals surface area contributed by atoms with Crippen molar-refractivity contribution >= 4 is 33.2 Å². The summed E-state index contributed by atoms with van der Waals surface area (Å²) in [4.78, 5) is 15.3. The zero-order valence-electron chi connectivity index (χ0n) is 8.77. The average Bonchev–Trinajstić information content (AvgIpc) is 2.19. The second kappa shape index (κ2) is 4.80. The first-order valence-corrected chi connectivity index (χ1v) is 6.76. The van der Waals surface area contributed by atoms with Crippen LogP contribution in [0.4, 0.5) is 5.82 Å². The third-order valence-electron chi connectivity index (χ3n) is 2.01. The SMILES string of the molecule is CC(C(=O)Nc1ncccc1Cl)S(C)(=O)=O. The number of carbonyl (C=O) groups is 1. The molecule has 1 N–H and O–H groups in total. The molecule has 0 aliphatic carbocycles. The largest absolute Gasteiger partial charge is 0.308 e. The van der Waals surface area contributed by atoms with Gasteiger partial charge in [-0.15, -0.1) is 0 Å². The minimum Gasteiger partial charge on any atom is -0.308 e. The molecular weight excluding hydrogens is 252 g/mol. The first-order chi connectivity index (χ1) is 7.32. The van der Waals surface area contributed by atoms with Gasteiger partial charge in [0.1, 0.15) is 5.25 Å². The van der Waals surface area contributed by atoms with Gasteiger partial charge in [0, 0.05) is 12.5 Å². The number of nitrogens with zero attached hydrogens (tertiary/aromatic N) is 1. The van der Waals surface area contributed by atoms with Crippen molar-refractivity contribution in [2.24, 2.45) is 0 Å². The Labute approximate surface area is 98.8 Å². The lowest BCUT2D eigenvalue weighted by atomic mass is 10.4. The van der Waals surface area contributed by atoms with E-state index >= 15 is 0 Å². The molecule has 1 amide bonds. The zero-order chi connectivity index (χ0) is 12.3. The Morgan fingerprint density at radius 3 is 2.69 bits per heavy atom. The number of rotatable bonds is 3. The molecule has 0 aromatic carbocycles. The predicted molar refractivity (Wildman–Crippen MR) is 62.2 cm³/mol. The van der Waals surface area contributed by atoms with E-state index in [1.165, 1.54) is 13.1 Å². The summed E-state index contributed by atoms with van der Waals surface area (Å²) < 4.78 is 22.3. The molecule has 16 heavy (non-hydrogen) atoms. The van der Waals surface area contributed by atoms with Gasteiger partial charge in [0.2, 0.25) is 5.91 Å². The number of hydrogen-bond donors (Lipinski definition) is 1. The second-order valence-electron chi connectivity index (χ2n) is 3.29. The van der Waals surface area contributed by atoms with Gasteiger partial charge in [-0.05, 0) is 19.1 Å². The Kier molecular flexibility index (Phi) is 3.88. The number of hydrogen-bond acceptors (Lipinski definition) is 4. The maximum absolute atomic E-state index is 11.5. The molecular formula is C9H11ClN2O3S. The highest BCUT2D eigenvalue weighted by atomic mass is 35.5. The van der Waals surface area contributed by atoms with Gasteiger partial charge in [0.05, 0.1) is 5.02 Å². The number of pyridine rings is 1. The fraction of sp³-hybridized carbons (Fsp3) is 0.333. The van der Waals surface area contributed by atoms with Crippen LogP contribution in [-0.2, 0) is 14.6 Å². The van der Waals surface area contributed by atoms with Gasteiger partial charge in [-0.2, -0.15) is 0 Å². The molecule has 0 saturated heterocycles. The van der Waals surface area contributed by atoms with Crippen LogP contribution in [0.5, 0.6) is 0 Å². The van der Waals surface area contributed by atoms with Crippen molar-refractivity contribution in [2.45, 2.75) is 12.2 Å². The number of aromatic nitrogens is 1. The fourth-order valence-electron chi connectivity index (χ4n) is 0.890. The molecule has 1 aromatic heterocycles. The van der Waals surface area contributed by atoms with E-state index in [-0.39, 0.29) is 10.8 Å². The van der Waals surface area contributed by atoms with E-state index in [1.807, 2.05) is 0 Å². The van der Waals surface area contributed by atoms with Gasteiger partial charge >= 0.3 is 0 Å². The minimum absolute atomic E-state index is 0.157. The van der Waals surface area contributed by atoms with Crippen molar-refractivity contribution in [1.29, 1.82) is 0 Å². The highest BCUT2D eigenvalue weighted by Gasteiger charge is 2.24. The number of halogens is 1. The predicted octanol–water partition coefficient (Wildman–Crippen LogP) is 1.11. The van der Waals surface area contributed by atoms with Gasteiger partial charge < -0.3 is 5.32 Å². The molecule has 0 saturated carbocycles. The van der Waals surface area contributed by atoms with Gasteiger partial charge in [0.25, 0.3) is 0 Å². The maximum atomic E-state index is 11.5. The third kappa shape index (κ3) is 3.18. The quantitative estimate of drug-likeness (QED) is 0.885. The lowest BCUT2D eigenvalue weighted by Gasteiger charge is -2.10. The molecule has 0 spiro atoms. The molecule has 0 aliphatic rings. The van der Waals surface area contributed by atoms with E-state index in [0.717, 1.165) is 6.26 Å². The summed E-state index contributed by atoms with van der Waals surface area (Å²) in [5.74, 6) is -0.493. The van der Waals surface area contributed by atoms with Crippen LogP contribution in [0.25, 0.3) is 0 Å². The standard InChI is InChI=1S/C9H11ClN2O3S/c1-6(16(2,14)15)9(13)12-8-7(10)4-3-5-11-8/h3-6H,1-2H3,(H,11,12,13). The summed E-state index contributed by atoms with van der Waals surface area (Å²) in [5.41, 5.74) is 0. The molecule has 5 nitrogen and oxygen atoms in total. The number of carbonyl (C=O) groups excluding carboxylic acids is 1. The highest BCUT2D eigenvalue weighted by Crippen LogP contribution is 2.17. The summed E-state index contributed by atoms with van der Waals surface area (Å²) in [6.07, 6.45) is 2.45. The molecule has 0 bridgehead atoms. The van der Waals surface area contributed by atoms with Crippen molar-refractivity contribution in [3.63, 3.8) is 0 Å². The highest BCUT2D eigenvalue weighted by molar-refractivity contribution is 7.92. The average molecular weight is 263 g/mol. The van der Waals surface area contributed by atoms with Gasteiger partial charge in [-0.1, -0.05) is 11.6 Å². The molecule has 1 rings (SSSR count). The van der Waals surface area contributed by atoms with E-state index in [9.17, 15) is 13.2 Å². The lowest BCUT2D eigenvalue weighted by Crippen LogP contribution is -2.32. The van der Waals surface area contributed by atoms with Crippen molar-refractivity contribution < 1.29 is 13.2 Å². The molecule has 0 radical (unpaired) electrons. The van der Waals surface area contributed by atoms with E-state index in [2.05, 4.69) is 10.3 Å². The van der Waals surface area contributed by atoms with Crippen molar-refractivity contribution in [3.05, 3.63) is 23.4 Å². The first kappa shape index (κ1) is 12.9. The van der Waals surface area contributed by atoms with Gasteiger partial charge in [-0.25, -0.2) is 13.4 Å². The molecule has 0 aliphatic heterocycles. The third-order valence-corrected chi connectivity index (χ3v) is 3.82. The number of anilines is 1. The number of amides is 1. The van der Waals surface area contributed by atoms with Crippen LogP contribution in [0, 0.1) is 0 Å². The van der Waals surface area contributed by atoms with E-state index < -0.39 is 21.0 Å². The normalized spacial score (nSPS) is 13.2. The Hall–Kier alpha value is -1.14. The molecule has 1 aromatic rings. The van der Waals surface area contributed by atoms with Crippen LogP contribution in [0.15, 0.2) is 18.3 Å². The van der Waals surface area contributed by atoms with Crippen LogP contribution >= 0.6 is 11.6 Å². The van der Waals surface area contributed by atoms with E-state index in [4.69, 9.17) is 11.6 Å². The van der Waals surface area contributed by atoms with Crippen LogP contribution in [0.2, 0.25) is 5.02 Å². The summed E-state index contributed by atoms with van der Waals surface area (Å²) in [6, 6.07) is 3.16. The Balaban J connectivity index is 2.84. The smallest absolute Gasteiger partial charge is 0.243 e. The fourth-order valence-corrected chi connectivity index (χ4v) is 1.51. The van der Waals surface area contributed by atoms with Crippen molar-refractivity contribution in [3.8, 4) is 0 Å². The summed E-state index contributed by atoms with van der Waals surface area (Å²) in [7, 11) is -3.42. The van der Waals surface area contributed by atoms with Gasteiger partial charge in [-0.3, -0.25) is 4.79 Å². The topological polar surface area (TPSA) is 76.1 Å². The second-order valence-corrected chi connectivity index (χ2v) is 6.07. The van der Waals surface area contributed by atoms with Gasteiger partial charge in [0.15, 0.2) is 15.7 Å². The summed E-state index contributed by atoms with van der Waals surface area (Å²) in [6.45, 7) is 1.31. The van der Waals surface area contributed by atoms with E-state index in [0.29, 0.717) is 0 Å². The van der Waals surface area contributed by atoms with Crippen LogP contribution < -0.4 is 5.32 Å². The summed E-state index contributed by atoms with van der Waals surface area (Å²) in [5, 5.41) is 1.48. The van der Waals surface area contributed by atoms with Crippen molar-refractivity contribution in [1.82, 2.24) is 4.98 Å². The molecule has 1 heterocycles. The monoisotopic (exact) mass is 262 g/mol. The van der Waals surface area contributed by atoms with Crippen molar-refractivity contribution in [2.75, 3.05) is 11.6 Å². The maximum Gasteiger partial charge on any atom is 0.243 e. The minimum atomic E-state index is -3.42. The molecule has 1 atom stereocenters. The molecule has 7 heteroatoms. The van der Waals surface area contributed by atoms with Crippen LogP contribution in [0.3, 0.4) is 0 Å². The molecule has 0 fully saturated rings. The molecule has 1 unspecified atom stereocenters. The first-order valence-electron chi connectivity index (χ1n) is 4.42. The van der Waals surface area contributed by atoms with E-state index in [1.54, 1.807) is 12.1 Å². The number of sulfone groups is 1. The number of nitrogens with one attached hydrogen (secondary N) is 1. The lowest BCUT2D eigenvalue weighted by molar-refractivity contribution is -0.115. The Morgan fingerprint density at radius 2 is 2.19 bits per heavy atom. The summed E-state index contributed by atoms with van der Waals surface area (Å²) >= 11 is 5.76. The Bertz CT molecular complexity index is 501. The Morgan fingerprint density at radius 1 is 1.56 bits per heavy atom. The zero-order valence-corrected chi connectivity index (χ0v) is 10.3. The van der Waals surface area contributed by atoms with Crippen LogP contribution in [-0.4, -0.2) is 30.8 Å².